The molecule has 1 rings (SSSR count). The van der Waals surface area contributed by atoms with Gasteiger partial charge in [0, 0.05) is 18.0 Å². The molecule has 0 saturated heterocycles. The van der Waals surface area contributed by atoms with Gasteiger partial charge in [0.2, 0.25) is 0 Å². The molecule has 1 aromatic heterocycles. The van der Waals surface area contributed by atoms with Gasteiger partial charge in [0.1, 0.15) is 0 Å². The molecule has 0 aliphatic carbocycles. The van der Waals surface area contributed by atoms with Crippen LogP contribution in [-0.2, 0) is 0 Å². The highest BCUT2D eigenvalue weighted by atomic mass is 14.9. The summed E-state index contributed by atoms with van der Waals surface area (Å²) in [6.45, 7) is 8.07. The molecule has 0 bridgehead atoms. The maximum atomic E-state index is 4.30. The summed E-state index contributed by atoms with van der Waals surface area (Å²) < 4.78 is 0. The molecule has 0 atom stereocenters. The van der Waals surface area contributed by atoms with E-state index in [9.17, 15) is 0 Å². The number of hydrogen-bond acceptors (Lipinski definition) is 2. The predicted octanol–water partition coefficient (Wildman–Crippen LogP) is 3.71. The first kappa shape index (κ1) is 12.4. The van der Waals surface area contributed by atoms with Crippen molar-refractivity contribution >= 4 is 5.57 Å². The van der Waals surface area contributed by atoms with E-state index in [2.05, 4.69) is 29.0 Å². The first-order valence-corrected chi connectivity index (χ1v) is 5.43. The van der Waals surface area contributed by atoms with Gasteiger partial charge >= 0.3 is 0 Å². The quantitative estimate of drug-likeness (QED) is 0.717. The molecular formula is C14H18N2. The lowest BCUT2D eigenvalue weighted by atomic mass is 10.1. The van der Waals surface area contributed by atoms with E-state index >= 15 is 0 Å². The molecule has 2 heteroatoms. The Morgan fingerprint density at radius 2 is 1.69 bits per heavy atom. The Kier molecular flexibility index (Phi) is 4.65. The van der Waals surface area contributed by atoms with Gasteiger partial charge in [-0.1, -0.05) is 29.9 Å². The van der Waals surface area contributed by atoms with Crippen LogP contribution in [0.2, 0.25) is 0 Å². The Morgan fingerprint density at radius 3 is 2.19 bits per heavy atom. The fourth-order valence-electron chi connectivity index (χ4n) is 1.16. The van der Waals surface area contributed by atoms with Crippen LogP contribution < -0.4 is 0 Å². The van der Waals surface area contributed by atoms with E-state index in [4.69, 9.17) is 0 Å². The number of hydrogen-bond donors (Lipinski definition) is 0. The van der Waals surface area contributed by atoms with Crippen LogP contribution in [0.25, 0.3) is 5.57 Å². The molecule has 0 saturated carbocycles. The van der Waals surface area contributed by atoms with Crippen LogP contribution in [0, 0.1) is 6.92 Å². The minimum absolute atomic E-state index is 0.772. The van der Waals surface area contributed by atoms with E-state index in [0.717, 1.165) is 17.0 Å². The first-order valence-electron chi connectivity index (χ1n) is 5.43. The van der Waals surface area contributed by atoms with Gasteiger partial charge in [0.15, 0.2) is 5.82 Å². The molecule has 0 aliphatic rings. The van der Waals surface area contributed by atoms with Crippen LogP contribution in [0.15, 0.2) is 42.3 Å². The van der Waals surface area contributed by atoms with Gasteiger partial charge in [0.25, 0.3) is 0 Å². The normalized spacial score (nSPS) is 13.5. The molecule has 16 heavy (non-hydrogen) atoms. The standard InChI is InChI=1S/C14H18N2/c1-5-11(3)7-8-13(6-2)14-15-9-12(4)10-16-14/h5-10H,1-4H3/b8-7-,11-5-,13-6+. The molecule has 1 heterocycles. The Hall–Kier alpha value is -1.70. The molecule has 0 radical (unpaired) electrons. The van der Waals surface area contributed by atoms with Crippen molar-refractivity contribution in [2.24, 2.45) is 0 Å². The molecule has 0 aromatic carbocycles. The second-order valence-corrected chi connectivity index (χ2v) is 3.69. The zero-order chi connectivity index (χ0) is 12.0. The molecule has 0 amide bonds. The molecule has 0 N–H and O–H groups in total. The Balaban J connectivity index is 2.92. The highest BCUT2D eigenvalue weighted by Gasteiger charge is 1.99. The van der Waals surface area contributed by atoms with E-state index in [0.29, 0.717) is 0 Å². The maximum absolute atomic E-state index is 4.30. The van der Waals surface area contributed by atoms with Gasteiger partial charge < -0.3 is 0 Å². The van der Waals surface area contributed by atoms with Gasteiger partial charge in [-0.2, -0.15) is 0 Å². The monoisotopic (exact) mass is 214 g/mol. The van der Waals surface area contributed by atoms with Crippen molar-refractivity contribution in [1.82, 2.24) is 9.97 Å². The highest BCUT2D eigenvalue weighted by molar-refractivity contribution is 5.69. The number of allylic oxidation sites excluding steroid dienone is 6. The van der Waals surface area contributed by atoms with Crippen molar-refractivity contribution in [3.63, 3.8) is 0 Å². The lowest BCUT2D eigenvalue weighted by Gasteiger charge is -2.00. The summed E-state index contributed by atoms with van der Waals surface area (Å²) in [4.78, 5) is 8.61. The van der Waals surface area contributed by atoms with Gasteiger partial charge in [-0.3, -0.25) is 0 Å². The second-order valence-electron chi connectivity index (χ2n) is 3.69. The van der Waals surface area contributed by atoms with Crippen LogP contribution in [0.5, 0.6) is 0 Å². The zero-order valence-electron chi connectivity index (χ0n) is 10.4. The van der Waals surface area contributed by atoms with Crippen LogP contribution in [0.4, 0.5) is 0 Å². The Labute approximate surface area is 97.5 Å². The number of rotatable bonds is 3. The van der Waals surface area contributed by atoms with E-state index in [1.807, 2.05) is 45.3 Å². The summed E-state index contributed by atoms with van der Waals surface area (Å²) in [5.41, 5.74) is 3.35. The molecule has 0 unspecified atom stereocenters. The minimum atomic E-state index is 0.772. The van der Waals surface area contributed by atoms with Crippen molar-refractivity contribution in [1.29, 1.82) is 0 Å². The molecule has 84 valence electrons. The van der Waals surface area contributed by atoms with E-state index in [1.165, 1.54) is 5.57 Å². The summed E-state index contributed by atoms with van der Waals surface area (Å²) in [6, 6.07) is 0. The third-order valence-electron chi connectivity index (χ3n) is 2.33. The van der Waals surface area contributed by atoms with Gasteiger partial charge in [-0.15, -0.1) is 0 Å². The lowest BCUT2D eigenvalue weighted by molar-refractivity contribution is 1.09. The zero-order valence-corrected chi connectivity index (χ0v) is 10.4. The minimum Gasteiger partial charge on any atom is -0.236 e. The lowest BCUT2D eigenvalue weighted by Crippen LogP contribution is -1.92. The summed E-state index contributed by atoms with van der Waals surface area (Å²) in [5.74, 6) is 0.772. The molecule has 0 aliphatic heterocycles. The van der Waals surface area contributed by atoms with Crippen LogP contribution >= 0.6 is 0 Å². The second kappa shape index (κ2) is 6.01. The average Bonchev–Trinajstić information content (AvgIpc) is 2.31. The SMILES string of the molecule is C\C=C(C)/C=C\C(=C/C)c1ncc(C)cn1. The van der Waals surface area contributed by atoms with E-state index in [-0.39, 0.29) is 0 Å². The molecule has 1 aromatic rings. The fourth-order valence-corrected chi connectivity index (χ4v) is 1.16. The van der Waals surface area contributed by atoms with Crippen molar-refractivity contribution in [2.75, 3.05) is 0 Å². The third kappa shape index (κ3) is 3.46. The smallest absolute Gasteiger partial charge is 0.158 e. The number of nitrogens with zero attached hydrogens (tertiary/aromatic N) is 2. The van der Waals surface area contributed by atoms with Crippen LogP contribution in [-0.4, -0.2) is 9.97 Å². The van der Waals surface area contributed by atoms with Crippen molar-refractivity contribution in [3.05, 3.63) is 53.7 Å². The van der Waals surface area contributed by atoms with Gasteiger partial charge in [-0.25, -0.2) is 9.97 Å². The number of aromatic nitrogens is 2. The largest absolute Gasteiger partial charge is 0.236 e. The van der Waals surface area contributed by atoms with Gasteiger partial charge in [0.05, 0.1) is 0 Å². The summed E-state index contributed by atoms with van der Waals surface area (Å²) in [7, 11) is 0. The van der Waals surface area contributed by atoms with E-state index < -0.39 is 0 Å². The van der Waals surface area contributed by atoms with Crippen molar-refractivity contribution in [2.45, 2.75) is 27.7 Å². The average molecular weight is 214 g/mol. The Bertz CT molecular complexity index is 423. The third-order valence-corrected chi connectivity index (χ3v) is 2.33. The predicted molar refractivity (Wildman–Crippen MR) is 69.0 cm³/mol. The molecule has 2 nitrogen and oxygen atoms in total. The molecule has 0 spiro atoms. The molecular weight excluding hydrogens is 196 g/mol. The van der Waals surface area contributed by atoms with Gasteiger partial charge in [-0.05, 0) is 33.3 Å². The summed E-state index contributed by atoms with van der Waals surface area (Å²) >= 11 is 0. The maximum Gasteiger partial charge on any atom is 0.158 e. The van der Waals surface area contributed by atoms with E-state index in [1.54, 1.807) is 0 Å². The topological polar surface area (TPSA) is 25.8 Å². The Morgan fingerprint density at radius 1 is 1.06 bits per heavy atom. The molecule has 0 fully saturated rings. The van der Waals surface area contributed by atoms with Crippen LogP contribution in [0.1, 0.15) is 32.2 Å². The summed E-state index contributed by atoms with van der Waals surface area (Å²) in [5, 5.41) is 0. The fraction of sp³-hybridized carbons (Fsp3) is 0.286. The highest BCUT2D eigenvalue weighted by Crippen LogP contribution is 2.12. The number of aryl methyl sites for hydroxylation is 1. The first-order chi connectivity index (χ1) is 7.67. The van der Waals surface area contributed by atoms with Crippen molar-refractivity contribution < 1.29 is 0 Å². The van der Waals surface area contributed by atoms with Crippen LogP contribution in [0.3, 0.4) is 0 Å². The van der Waals surface area contributed by atoms with Crippen molar-refractivity contribution in [3.8, 4) is 0 Å². The summed E-state index contributed by atoms with van der Waals surface area (Å²) in [6.07, 6.45) is 11.9.